The Morgan fingerprint density at radius 3 is 2.18 bits per heavy atom. The standard InChI is InChI=1S/C13H17NO3/c1-4-13(12(16)17,14-10(3)15)11-7-5-9(2)6-8-11/h5-8H,4H2,1-3H3,(H,14,15)(H,16,17). The van der Waals surface area contributed by atoms with Gasteiger partial charge in [0.05, 0.1) is 0 Å². The minimum atomic E-state index is -1.33. The predicted octanol–water partition coefficient (Wildman–Crippen LogP) is 1.82. The maximum atomic E-state index is 11.5. The third-order valence-electron chi connectivity index (χ3n) is 2.83. The molecule has 1 aromatic rings. The molecule has 0 aliphatic heterocycles. The molecular weight excluding hydrogens is 218 g/mol. The van der Waals surface area contributed by atoms with Gasteiger partial charge in [0, 0.05) is 6.92 Å². The van der Waals surface area contributed by atoms with Crippen molar-refractivity contribution in [3.05, 3.63) is 35.4 Å². The summed E-state index contributed by atoms with van der Waals surface area (Å²) in [5, 5.41) is 11.9. The number of carbonyl (C=O) groups excluding carboxylic acids is 1. The number of aliphatic carboxylic acids is 1. The fourth-order valence-corrected chi connectivity index (χ4v) is 1.83. The third-order valence-corrected chi connectivity index (χ3v) is 2.83. The fourth-order valence-electron chi connectivity index (χ4n) is 1.83. The van der Waals surface area contributed by atoms with E-state index in [0.717, 1.165) is 5.56 Å². The Morgan fingerprint density at radius 1 is 1.29 bits per heavy atom. The summed E-state index contributed by atoms with van der Waals surface area (Å²) >= 11 is 0. The molecule has 0 aliphatic carbocycles. The van der Waals surface area contributed by atoms with E-state index in [2.05, 4.69) is 5.32 Å². The van der Waals surface area contributed by atoms with Crippen LogP contribution in [-0.2, 0) is 15.1 Å². The van der Waals surface area contributed by atoms with E-state index in [4.69, 9.17) is 0 Å². The lowest BCUT2D eigenvalue weighted by Crippen LogP contribution is -2.50. The van der Waals surface area contributed by atoms with Gasteiger partial charge in [-0.2, -0.15) is 0 Å². The van der Waals surface area contributed by atoms with Crippen molar-refractivity contribution in [2.75, 3.05) is 0 Å². The lowest BCUT2D eigenvalue weighted by molar-refractivity contribution is -0.148. The Labute approximate surface area is 101 Å². The first-order valence-corrected chi connectivity index (χ1v) is 5.51. The molecular formula is C13H17NO3. The largest absolute Gasteiger partial charge is 0.479 e. The van der Waals surface area contributed by atoms with Crippen LogP contribution in [0.4, 0.5) is 0 Å². The Balaban J connectivity index is 3.26. The van der Waals surface area contributed by atoms with Gasteiger partial charge in [-0.15, -0.1) is 0 Å². The summed E-state index contributed by atoms with van der Waals surface area (Å²) in [6, 6.07) is 7.15. The lowest BCUT2D eigenvalue weighted by Gasteiger charge is -2.29. The topological polar surface area (TPSA) is 66.4 Å². The molecule has 1 aromatic carbocycles. The number of carboxylic acids is 1. The molecule has 17 heavy (non-hydrogen) atoms. The lowest BCUT2D eigenvalue weighted by atomic mass is 9.86. The van der Waals surface area contributed by atoms with Gasteiger partial charge in [-0.05, 0) is 18.9 Å². The van der Waals surface area contributed by atoms with Crippen LogP contribution >= 0.6 is 0 Å². The van der Waals surface area contributed by atoms with E-state index in [0.29, 0.717) is 12.0 Å². The number of amides is 1. The molecule has 0 saturated heterocycles. The number of hydrogen-bond acceptors (Lipinski definition) is 2. The van der Waals surface area contributed by atoms with Gasteiger partial charge in [-0.25, -0.2) is 4.79 Å². The van der Waals surface area contributed by atoms with Crippen molar-refractivity contribution >= 4 is 11.9 Å². The Morgan fingerprint density at radius 2 is 1.82 bits per heavy atom. The SMILES string of the molecule is CCC(NC(C)=O)(C(=O)O)c1ccc(C)cc1. The van der Waals surface area contributed by atoms with Gasteiger partial charge in [-0.3, -0.25) is 4.79 Å². The minimum absolute atomic E-state index is 0.297. The highest BCUT2D eigenvalue weighted by Gasteiger charge is 2.39. The van der Waals surface area contributed by atoms with Gasteiger partial charge in [0.15, 0.2) is 5.54 Å². The summed E-state index contributed by atoms with van der Waals surface area (Å²) in [6.07, 6.45) is 0.297. The second-order valence-electron chi connectivity index (χ2n) is 4.11. The van der Waals surface area contributed by atoms with E-state index in [-0.39, 0.29) is 5.91 Å². The quantitative estimate of drug-likeness (QED) is 0.836. The van der Waals surface area contributed by atoms with E-state index in [1.54, 1.807) is 19.1 Å². The normalized spacial score (nSPS) is 13.8. The van der Waals surface area contributed by atoms with Crippen molar-refractivity contribution in [1.82, 2.24) is 5.32 Å². The summed E-state index contributed by atoms with van der Waals surface area (Å²) in [5.41, 5.74) is 0.305. The molecule has 0 bridgehead atoms. The van der Waals surface area contributed by atoms with E-state index in [1.165, 1.54) is 6.92 Å². The summed E-state index contributed by atoms with van der Waals surface area (Å²) in [7, 11) is 0. The molecule has 1 unspecified atom stereocenters. The van der Waals surface area contributed by atoms with Crippen LogP contribution in [0.1, 0.15) is 31.4 Å². The van der Waals surface area contributed by atoms with Gasteiger partial charge in [-0.1, -0.05) is 36.8 Å². The number of rotatable bonds is 4. The zero-order valence-corrected chi connectivity index (χ0v) is 10.3. The zero-order chi connectivity index (χ0) is 13.1. The van der Waals surface area contributed by atoms with E-state index >= 15 is 0 Å². The van der Waals surface area contributed by atoms with Gasteiger partial charge in [0.2, 0.25) is 5.91 Å². The second-order valence-corrected chi connectivity index (χ2v) is 4.11. The van der Waals surface area contributed by atoms with Gasteiger partial charge < -0.3 is 10.4 Å². The number of carboxylic acid groups (broad SMARTS) is 1. The molecule has 0 heterocycles. The van der Waals surface area contributed by atoms with Crippen molar-refractivity contribution in [3.8, 4) is 0 Å². The Kier molecular flexibility index (Phi) is 3.89. The molecule has 0 aliphatic rings. The average molecular weight is 235 g/mol. The van der Waals surface area contributed by atoms with Crippen molar-refractivity contribution < 1.29 is 14.7 Å². The molecule has 1 rings (SSSR count). The molecule has 0 aromatic heterocycles. The van der Waals surface area contributed by atoms with Gasteiger partial charge in [0.1, 0.15) is 0 Å². The molecule has 0 saturated carbocycles. The van der Waals surface area contributed by atoms with Gasteiger partial charge in [0.25, 0.3) is 0 Å². The number of carbonyl (C=O) groups is 2. The highest BCUT2D eigenvalue weighted by atomic mass is 16.4. The van der Waals surface area contributed by atoms with Crippen LogP contribution in [-0.4, -0.2) is 17.0 Å². The number of hydrogen-bond donors (Lipinski definition) is 2. The molecule has 1 atom stereocenters. The first-order valence-electron chi connectivity index (χ1n) is 5.51. The van der Waals surface area contributed by atoms with Crippen LogP contribution in [0.2, 0.25) is 0 Å². The van der Waals surface area contributed by atoms with Crippen molar-refractivity contribution in [3.63, 3.8) is 0 Å². The van der Waals surface area contributed by atoms with Crippen molar-refractivity contribution in [2.24, 2.45) is 0 Å². The highest BCUT2D eigenvalue weighted by Crippen LogP contribution is 2.25. The van der Waals surface area contributed by atoms with E-state index < -0.39 is 11.5 Å². The number of aryl methyl sites for hydroxylation is 1. The molecule has 1 amide bonds. The molecule has 0 spiro atoms. The maximum Gasteiger partial charge on any atom is 0.334 e. The van der Waals surface area contributed by atoms with Gasteiger partial charge >= 0.3 is 5.97 Å². The Hall–Kier alpha value is -1.84. The van der Waals surface area contributed by atoms with Crippen LogP contribution in [0.5, 0.6) is 0 Å². The monoisotopic (exact) mass is 235 g/mol. The van der Waals surface area contributed by atoms with Crippen LogP contribution in [0.25, 0.3) is 0 Å². The van der Waals surface area contributed by atoms with E-state index in [1.807, 2.05) is 19.1 Å². The summed E-state index contributed by atoms with van der Waals surface area (Å²) in [4.78, 5) is 22.6. The molecule has 4 nitrogen and oxygen atoms in total. The average Bonchev–Trinajstić information content (AvgIpc) is 2.26. The Bertz CT molecular complexity index is 425. The smallest absolute Gasteiger partial charge is 0.334 e. The van der Waals surface area contributed by atoms with Crippen LogP contribution < -0.4 is 5.32 Å². The van der Waals surface area contributed by atoms with Crippen molar-refractivity contribution in [1.29, 1.82) is 0 Å². The molecule has 92 valence electrons. The maximum absolute atomic E-state index is 11.5. The summed E-state index contributed by atoms with van der Waals surface area (Å²) in [6.45, 7) is 4.99. The zero-order valence-electron chi connectivity index (χ0n) is 10.3. The minimum Gasteiger partial charge on any atom is -0.479 e. The highest BCUT2D eigenvalue weighted by molar-refractivity contribution is 5.87. The van der Waals surface area contributed by atoms with Crippen molar-refractivity contribution in [2.45, 2.75) is 32.7 Å². The molecule has 0 radical (unpaired) electrons. The second kappa shape index (κ2) is 4.99. The van der Waals surface area contributed by atoms with Crippen LogP contribution in [0, 0.1) is 6.92 Å². The number of benzene rings is 1. The summed E-state index contributed by atoms with van der Waals surface area (Å²) in [5.74, 6) is -1.39. The first kappa shape index (κ1) is 13.2. The molecule has 0 fully saturated rings. The van der Waals surface area contributed by atoms with Crippen LogP contribution in [0.3, 0.4) is 0 Å². The third kappa shape index (κ3) is 2.64. The molecule has 2 N–H and O–H groups in total. The summed E-state index contributed by atoms with van der Waals surface area (Å²) < 4.78 is 0. The predicted molar refractivity (Wildman–Crippen MR) is 64.6 cm³/mol. The number of nitrogens with one attached hydrogen (secondary N) is 1. The fraction of sp³-hybridized carbons (Fsp3) is 0.385. The first-order chi connectivity index (χ1) is 7.92. The van der Waals surface area contributed by atoms with Crippen LogP contribution in [0.15, 0.2) is 24.3 Å². The molecule has 4 heteroatoms. The van der Waals surface area contributed by atoms with E-state index in [9.17, 15) is 14.7 Å².